The minimum absolute atomic E-state index is 0.0730. The van der Waals surface area contributed by atoms with Crippen molar-refractivity contribution < 1.29 is 14.6 Å². The first-order valence-corrected chi connectivity index (χ1v) is 7.72. The van der Waals surface area contributed by atoms with E-state index in [-0.39, 0.29) is 11.8 Å². The zero-order chi connectivity index (χ0) is 16.8. The molecule has 23 heavy (non-hydrogen) atoms. The highest BCUT2D eigenvalue weighted by molar-refractivity contribution is 5.92. The van der Waals surface area contributed by atoms with Gasteiger partial charge in [0.05, 0.1) is 13.2 Å². The average Bonchev–Trinajstić information content (AvgIpc) is 2.55. The van der Waals surface area contributed by atoms with Crippen LogP contribution in [0, 0.1) is 0 Å². The summed E-state index contributed by atoms with van der Waals surface area (Å²) in [7, 11) is 1.63. The van der Waals surface area contributed by atoms with Gasteiger partial charge in [-0.3, -0.25) is 4.79 Å². The van der Waals surface area contributed by atoms with E-state index in [0.29, 0.717) is 12.1 Å². The van der Waals surface area contributed by atoms with Crippen molar-refractivity contribution in [3.63, 3.8) is 0 Å². The second kappa shape index (κ2) is 7.79. The molecule has 0 radical (unpaired) electrons. The molecule has 2 rings (SSSR count). The molecular formula is C19H23NO3. The zero-order valence-electron chi connectivity index (χ0n) is 13.7. The summed E-state index contributed by atoms with van der Waals surface area (Å²) >= 11 is 0. The van der Waals surface area contributed by atoms with E-state index < -0.39 is 6.10 Å². The Morgan fingerprint density at radius 1 is 1.17 bits per heavy atom. The number of benzene rings is 2. The molecule has 2 aromatic rings. The highest BCUT2D eigenvalue weighted by Crippen LogP contribution is 2.25. The van der Waals surface area contributed by atoms with Gasteiger partial charge in [0.25, 0.3) is 0 Å². The largest absolute Gasteiger partial charge is 0.497 e. The van der Waals surface area contributed by atoms with Crippen molar-refractivity contribution in [2.45, 2.75) is 32.3 Å². The molecule has 0 aliphatic rings. The molecule has 2 atom stereocenters. The van der Waals surface area contributed by atoms with Crippen LogP contribution in [0.1, 0.15) is 43.4 Å². The topological polar surface area (TPSA) is 58.6 Å². The Morgan fingerprint density at radius 2 is 1.91 bits per heavy atom. The number of nitrogens with one attached hydrogen (secondary N) is 1. The summed E-state index contributed by atoms with van der Waals surface area (Å²) < 4.78 is 5.22. The van der Waals surface area contributed by atoms with Crippen LogP contribution in [0.15, 0.2) is 48.5 Å². The lowest BCUT2D eigenvalue weighted by atomic mass is 9.97. The van der Waals surface area contributed by atoms with E-state index in [1.807, 2.05) is 49.4 Å². The lowest BCUT2D eigenvalue weighted by molar-refractivity contribution is -0.116. The van der Waals surface area contributed by atoms with E-state index in [4.69, 9.17) is 4.74 Å². The predicted molar refractivity (Wildman–Crippen MR) is 91.7 cm³/mol. The Morgan fingerprint density at radius 3 is 2.61 bits per heavy atom. The molecule has 0 aliphatic heterocycles. The molecule has 0 spiro atoms. The van der Waals surface area contributed by atoms with Gasteiger partial charge < -0.3 is 15.2 Å². The van der Waals surface area contributed by atoms with E-state index in [1.54, 1.807) is 20.1 Å². The van der Waals surface area contributed by atoms with E-state index in [1.165, 1.54) is 0 Å². The molecule has 0 fully saturated rings. The molecule has 2 aromatic carbocycles. The maximum absolute atomic E-state index is 12.3. The summed E-state index contributed by atoms with van der Waals surface area (Å²) in [5, 5.41) is 12.7. The molecule has 2 N–H and O–H groups in total. The highest BCUT2D eigenvalue weighted by Gasteiger charge is 2.14. The first kappa shape index (κ1) is 17.0. The van der Waals surface area contributed by atoms with Crippen LogP contribution in [0.5, 0.6) is 5.75 Å². The van der Waals surface area contributed by atoms with E-state index >= 15 is 0 Å². The van der Waals surface area contributed by atoms with Crippen molar-refractivity contribution in [1.82, 2.24) is 0 Å². The number of aliphatic hydroxyl groups is 1. The lowest BCUT2D eigenvalue weighted by Gasteiger charge is -2.16. The van der Waals surface area contributed by atoms with Crippen LogP contribution < -0.4 is 10.1 Å². The van der Waals surface area contributed by atoms with Crippen LogP contribution in [0.25, 0.3) is 0 Å². The Hall–Kier alpha value is -2.33. The van der Waals surface area contributed by atoms with E-state index in [0.717, 1.165) is 16.9 Å². The number of hydrogen-bond donors (Lipinski definition) is 2. The molecule has 1 amide bonds. The smallest absolute Gasteiger partial charge is 0.224 e. The second-order valence-corrected chi connectivity index (χ2v) is 5.69. The Kier molecular flexibility index (Phi) is 5.77. The number of rotatable bonds is 6. The van der Waals surface area contributed by atoms with Gasteiger partial charge >= 0.3 is 0 Å². The van der Waals surface area contributed by atoms with E-state index in [2.05, 4.69) is 5.32 Å². The van der Waals surface area contributed by atoms with Gasteiger partial charge in [-0.2, -0.15) is 0 Å². The van der Waals surface area contributed by atoms with Crippen LogP contribution >= 0.6 is 0 Å². The predicted octanol–water partition coefficient (Wildman–Crippen LogP) is 3.88. The molecule has 0 saturated carbocycles. The van der Waals surface area contributed by atoms with Gasteiger partial charge in [-0.1, -0.05) is 37.3 Å². The van der Waals surface area contributed by atoms with Crippen LogP contribution in [-0.2, 0) is 4.79 Å². The number of para-hydroxylation sites is 1. The summed E-state index contributed by atoms with van der Waals surface area (Å²) in [4.78, 5) is 12.3. The standard InChI is InChI=1S/C19H23NO3/c1-13(15-7-6-8-16(12-15)23-3)11-19(22)20-18-10-5-4-9-17(18)14(2)21/h4-10,12-14,21H,11H2,1-3H3,(H,20,22). The van der Waals surface area contributed by atoms with Gasteiger partial charge in [-0.05, 0) is 36.6 Å². The fourth-order valence-electron chi connectivity index (χ4n) is 2.52. The minimum atomic E-state index is -0.623. The summed E-state index contributed by atoms with van der Waals surface area (Å²) in [5.74, 6) is 0.784. The van der Waals surface area contributed by atoms with Crippen molar-refractivity contribution in [3.05, 3.63) is 59.7 Å². The Balaban J connectivity index is 2.04. The van der Waals surface area contributed by atoms with Gasteiger partial charge in [-0.25, -0.2) is 0 Å². The summed E-state index contributed by atoms with van der Waals surface area (Å²) in [6.07, 6.45) is -0.260. The molecule has 0 bridgehead atoms. The maximum Gasteiger partial charge on any atom is 0.224 e. The minimum Gasteiger partial charge on any atom is -0.497 e. The number of aliphatic hydroxyl groups excluding tert-OH is 1. The van der Waals surface area contributed by atoms with E-state index in [9.17, 15) is 9.90 Å². The SMILES string of the molecule is COc1cccc(C(C)CC(=O)Nc2ccccc2C(C)O)c1. The van der Waals surface area contributed by atoms with Gasteiger partial charge in [0, 0.05) is 17.7 Å². The normalized spacial score (nSPS) is 13.2. The molecule has 4 nitrogen and oxygen atoms in total. The fraction of sp³-hybridized carbons (Fsp3) is 0.316. The van der Waals surface area contributed by atoms with Crippen LogP contribution in [0.3, 0.4) is 0 Å². The van der Waals surface area contributed by atoms with Crippen molar-refractivity contribution >= 4 is 11.6 Å². The fourth-order valence-corrected chi connectivity index (χ4v) is 2.52. The van der Waals surface area contributed by atoms with Gasteiger partial charge in [0.15, 0.2) is 0 Å². The number of methoxy groups -OCH3 is 1. The molecule has 0 heterocycles. The molecular weight excluding hydrogens is 290 g/mol. The number of carbonyl (C=O) groups is 1. The quantitative estimate of drug-likeness (QED) is 0.851. The monoisotopic (exact) mass is 313 g/mol. The Labute approximate surface area is 137 Å². The number of anilines is 1. The van der Waals surface area contributed by atoms with Crippen LogP contribution in [-0.4, -0.2) is 18.1 Å². The summed E-state index contributed by atoms with van der Waals surface area (Å²) in [6.45, 7) is 3.69. The molecule has 4 heteroatoms. The average molecular weight is 313 g/mol. The number of amides is 1. The second-order valence-electron chi connectivity index (χ2n) is 5.69. The highest BCUT2D eigenvalue weighted by atomic mass is 16.5. The molecule has 0 aliphatic carbocycles. The third-order valence-electron chi connectivity index (χ3n) is 3.84. The molecule has 2 unspecified atom stereocenters. The van der Waals surface area contributed by atoms with Gasteiger partial charge in [0.2, 0.25) is 5.91 Å². The van der Waals surface area contributed by atoms with Crippen molar-refractivity contribution in [2.24, 2.45) is 0 Å². The van der Waals surface area contributed by atoms with Crippen molar-refractivity contribution in [1.29, 1.82) is 0 Å². The molecule has 0 aromatic heterocycles. The third-order valence-corrected chi connectivity index (χ3v) is 3.84. The maximum atomic E-state index is 12.3. The zero-order valence-corrected chi connectivity index (χ0v) is 13.7. The summed E-state index contributed by atoms with van der Waals surface area (Å²) in [5.41, 5.74) is 2.43. The number of carbonyl (C=O) groups excluding carboxylic acids is 1. The van der Waals surface area contributed by atoms with Crippen LogP contribution in [0.2, 0.25) is 0 Å². The lowest BCUT2D eigenvalue weighted by Crippen LogP contribution is -2.16. The number of hydrogen-bond acceptors (Lipinski definition) is 3. The molecule has 0 saturated heterocycles. The van der Waals surface area contributed by atoms with Crippen LogP contribution in [0.4, 0.5) is 5.69 Å². The van der Waals surface area contributed by atoms with Crippen molar-refractivity contribution in [2.75, 3.05) is 12.4 Å². The summed E-state index contributed by atoms with van der Waals surface area (Å²) in [6, 6.07) is 15.0. The Bertz CT molecular complexity index is 667. The third kappa shape index (κ3) is 4.57. The molecule has 122 valence electrons. The number of ether oxygens (including phenoxy) is 1. The first-order chi connectivity index (χ1) is 11.0. The van der Waals surface area contributed by atoms with Crippen molar-refractivity contribution in [3.8, 4) is 5.75 Å². The first-order valence-electron chi connectivity index (χ1n) is 7.72. The van der Waals surface area contributed by atoms with Gasteiger partial charge in [0.1, 0.15) is 5.75 Å². The van der Waals surface area contributed by atoms with Gasteiger partial charge in [-0.15, -0.1) is 0 Å².